The van der Waals surface area contributed by atoms with Gasteiger partial charge in [0.25, 0.3) is 5.91 Å². The van der Waals surface area contributed by atoms with E-state index in [0.717, 1.165) is 5.56 Å². The number of aryl methyl sites for hydroxylation is 1. The van der Waals surface area contributed by atoms with E-state index in [1.165, 1.54) is 11.3 Å². The molecule has 0 spiro atoms. The van der Waals surface area contributed by atoms with Crippen LogP contribution in [0.2, 0.25) is 0 Å². The maximum atomic E-state index is 11.9. The van der Waals surface area contributed by atoms with E-state index in [4.69, 9.17) is 0 Å². The number of carboxylic acids is 1. The second-order valence-corrected chi connectivity index (χ2v) is 5.18. The van der Waals surface area contributed by atoms with Gasteiger partial charge in [-0.1, -0.05) is 30.3 Å². The Kier molecular flexibility index (Phi) is 4.90. The van der Waals surface area contributed by atoms with Crippen LogP contribution in [0.5, 0.6) is 0 Å². The number of rotatable bonds is 6. The number of hydrogen-bond donors (Lipinski definition) is 2. The molecule has 1 unspecified atom stereocenters. The van der Waals surface area contributed by atoms with Gasteiger partial charge in [0.1, 0.15) is 6.04 Å². The molecule has 1 atom stereocenters. The second kappa shape index (κ2) is 6.86. The molecule has 0 aliphatic carbocycles. The number of aliphatic carboxylic acids is 1. The predicted molar refractivity (Wildman–Crippen MR) is 78.0 cm³/mol. The van der Waals surface area contributed by atoms with E-state index in [0.29, 0.717) is 18.4 Å². The number of carbonyl (C=O) groups excluding carboxylic acids is 1. The van der Waals surface area contributed by atoms with Crippen LogP contribution in [0.1, 0.15) is 22.3 Å². The van der Waals surface area contributed by atoms with E-state index >= 15 is 0 Å². The number of hydrogen-bond acceptors (Lipinski definition) is 3. The molecule has 5 heteroatoms. The fourth-order valence-electron chi connectivity index (χ4n) is 1.85. The first-order valence-electron chi connectivity index (χ1n) is 6.26. The minimum Gasteiger partial charge on any atom is -0.480 e. The Morgan fingerprint density at radius 3 is 2.55 bits per heavy atom. The van der Waals surface area contributed by atoms with Crippen molar-refractivity contribution < 1.29 is 14.7 Å². The van der Waals surface area contributed by atoms with Crippen LogP contribution in [-0.2, 0) is 11.2 Å². The van der Waals surface area contributed by atoms with Gasteiger partial charge in [-0.2, -0.15) is 11.3 Å². The van der Waals surface area contributed by atoms with Gasteiger partial charge in [-0.25, -0.2) is 4.79 Å². The van der Waals surface area contributed by atoms with Gasteiger partial charge in [0.05, 0.1) is 5.56 Å². The monoisotopic (exact) mass is 289 g/mol. The molecule has 104 valence electrons. The smallest absolute Gasteiger partial charge is 0.326 e. The summed E-state index contributed by atoms with van der Waals surface area (Å²) < 4.78 is 0. The SMILES string of the molecule is O=C(NC(CCc1ccccc1)C(=O)O)c1ccsc1. The van der Waals surface area contributed by atoms with Gasteiger partial charge < -0.3 is 10.4 Å². The largest absolute Gasteiger partial charge is 0.480 e. The zero-order chi connectivity index (χ0) is 14.4. The fourth-order valence-corrected chi connectivity index (χ4v) is 2.48. The van der Waals surface area contributed by atoms with Crippen LogP contribution in [-0.4, -0.2) is 23.0 Å². The topological polar surface area (TPSA) is 66.4 Å². The first-order valence-corrected chi connectivity index (χ1v) is 7.21. The molecule has 0 aliphatic rings. The first kappa shape index (κ1) is 14.3. The van der Waals surface area contributed by atoms with E-state index in [1.807, 2.05) is 30.3 Å². The fraction of sp³-hybridized carbons (Fsp3) is 0.200. The van der Waals surface area contributed by atoms with Crippen molar-refractivity contribution in [1.29, 1.82) is 0 Å². The molecule has 0 bridgehead atoms. The number of nitrogens with one attached hydrogen (secondary N) is 1. The molecule has 2 rings (SSSR count). The Morgan fingerprint density at radius 1 is 1.20 bits per heavy atom. The van der Waals surface area contributed by atoms with Crippen LogP contribution in [0.4, 0.5) is 0 Å². The van der Waals surface area contributed by atoms with E-state index in [-0.39, 0.29) is 5.91 Å². The minimum atomic E-state index is -1.01. The van der Waals surface area contributed by atoms with E-state index in [9.17, 15) is 14.7 Å². The van der Waals surface area contributed by atoms with Crippen molar-refractivity contribution in [3.05, 3.63) is 58.3 Å². The van der Waals surface area contributed by atoms with E-state index in [2.05, 4.69) is 5.32 Å². The summed E-state index contributed by atoms with van der Waals surface area (Å²) >= 11 is 1.41. The molecule has 0 fully saturated rings. The van der Waals surface area contributed by atoms with Gasteiger partial charge in [-0.3, -0.25) is 4.79 Å². The van der Waals surface area contributed by atoms with Crippen molar-refractivity contribution in [2.75, 3.05) is 0 Å². The lowest BCUT2D eigenvalue weighted by Crippen LogP contribution is -2.41. The molecule has 0 saturated heterocycles. The Labute approximate surface area is 121 Å². The van der Waals surface area contributed by atoms with Crippen molar-refractivity contribution >= 4 is 23.2 Å². The van der Waals surface area contributed by atoms with Crippen LogP contribution in [0.15, 0.2) is 47.2 Å². The van der Waals surface area contributed by atoms with Crippen molar-refractivity contribution in [3.63, 3.8) is 0 Å². The van der Waals surface area contributed by atoms with Gasteiger partial charge in [-0.15, -0.1) is 0 Å². The van der Waals surface area contributed by atoms with Gasteiger partial charge in [0.2, 0.25) is 0 Å². The summed E-state index contributed by atoms with van der Waals surface area (Å²) in [7, 11) is 0. The number of benzene rings is 1. The Balaban J connectivity index is 1.94. The average Bonchev–Trinajstić information content (AvgIpc) is 2.98. The van der Waals surface area contributed by atoms with Crippen LogP contribution < -0.4 is 5.32 Å². The molecular weight excluding hydrogens is 274 g/mol. The lowest BCUT2D eigenvalue weighted by molar-refractivity contribution is -0.139. The highest BCUT2D eigenvalue weighted by molar-refractivity contribution is 7.08. The molecule has 0 radical (unpaired) electrons. The standard InChI is InChI=1S/C15H15NO3S/c17-14(12-8-9-20-10-12)16-13(15(18)19)7-6-11-4-2-1-3-5-11/h1-5,8-10,13H,6-7H2,(H,16,17)(H,18,19). The summed E-state index contributed by atoms with van der Waals surface area (Å²) in [4.78, 5) is 23.1. The van der Waals surface area contributed by atoms with Crippen molar-refractivity contribution in [3.8, 4) is 0 Å². The van der Waals surface area contributed by atoms with Gasteiger partial charge in [0.15, 0.2) is 0 Å². The highest BCUT2D eigenvalue weighted by atomic mass is 32.1. The quantitative estimate of drug-likeness (QED) is 0.859. The Bertz CT molecular complexity index is 566. The Hall–Kier alpha value is -2.14. The molecule has 2 N–H and O–H groups in total. The van der Waals surface area contributed by atoms with Crippen LogP contribution in [0.25, 0.3) is 0 Å². The molecule has 1 heterocycles. The highest BCUT2D eigenvalue weighted by Gasteiger charge is 2.20. The summed E-state index contributed by atoms with van der Waals surface area (Å²) in [6.07, 6.45) is 0.983. The maximum absolute atomic E-state index is 11.9. The summed E-state index contributed by atoms with van der Waals surface area (Å²) in [6, 6.07) is 10.4. The molecule has 1 aromatic carbocycles. The van der Waals surface area contributed by atoms with Crippen LogP contribution in [0, 0.1) is 0 Å². The third-order valence-electron chi connectivity index (χ3n) is 2.95. The zero-order valence-corrected chi connectivity index (χ0v) is 11.6. The molecule has 1 aromatic heterocycles. The van der Waals surface area contributed by atoms with Crippen molar-refractivity contribution in [1.82, 2.24) is 5.32 Å². The highest BCUT2D eigenvalue weighted by Crippen LogP contribution is 2.09. The van der Waals surface area contributed by atoms with Crippen LogP contribution in [0.3, 0.4) is 0 Å². The molecular formula is C15H15NO3S. The minimum absolute atomic E-state index is 0.341. The van der Waals surface area contributed by atoms with E-state index in [1.54, 1.807) is 16.8 Å². The first-order chi connectivity index (χ1) is 9.66. The normalized spacial score (nSPS) is 11.8. The number of carbonyl (C=O) groups is 2. The molecule has 0 saturated carbocycles. The van der Waals surface area contributed by atoms with Crippen molar-refractivity contribution in [2.45, 2.75) is 18.9 Å². The number of carboxylic acid groups (broad SMARTS) is 1. The van der Waals surface area contributed by atoms with Gasteiger partial charge in [-0.05, 0) is 29.9 Å². The molecule has 2 aromatic rings. The summed E-state index contributed by atoms with van der Waals surface area (Å²) in [6.45, 7) is 0. The zero-order valence-electron chi connectivity index (χ0n) is 10.8. The molecule has 20 heavy (non-hydrogen) atoms. The summed E-state index contributed by atoms with van der Waals surface area (Å²) in [5, 5.41) is 15.2. The van der Waals surface area contributed by atoms with Gasteiger partial charge >= 0.3 is 5.97 Å². The number of thiophene rings is 1. The van der Waals surface area contributed by atoms with Gasteiger partial charge in [0, 0.05) is 5.38 Å². The molecule has 0 aliphatic heterocycles. The number of amides is 1. The molecule has 1 amide bonds. The third kappa shape index (κ3) is 3.93. The summed E-state index contributed by atoms with van der Waals surface area (Å²) in [5.74, 6) is -1.35. The maximum Gasteiger partial charge on any atom is 0.326 e. The lowest BCUT2D eigenvalue weighted by atomic mass is 10.1. The third-order valence-corrected chi connectivity index (χ3v) is 3.63. The van der Waals surface area contributed by atoms with Crippen molar-refractivity contribution in [2.24, 2.45) is 0 Å². The lowest BCUT2D eigenvalue weighted by Gasteiger charge is -2.14. The Morgan fingerprint density at radius 2 is 1.95 bits per heavy atom. The average molecular weight is 289 g/mol. The molecule has 4 nitrogen and oxygen atoms in total. The van der Waals surface area contributed by atoms with E-state index < -0.39 is 12.0 Å². The second-order valence-electron chi connectivity index (χ2n) is 4.40. The van der Waals surface area contributed by atoms with Crippen LogP contribution >= 0.6 is 11.3 Å². The predicted octanol–water partition coefficient (Wildman–Crippen LogP) is 2.56. The summed E-state index contributed by atoms with van der Waals surface area (Å²) in [5.41, 5.74) is 1.56.